The van der Waals surface area contributed by atoms with Crippen LogP contribution in [0.1, 0.15) is 52.7 Å². The number of hydrogen-bond donors (Lipinski definition) is 3. The minimum absolute atomic E-state index is 0. The normalized spacial score (nSPS) is 21.9. The van der Waals surface area contributed by atoms with Gasteiger partial charge < -0.3 is 20.5 Å². The molecule has 29 heavy (non-hydrogen) atoms. The first kappa shape index (κ1) is 26.1. The molecule has 3 N–H and O–H groups in total. The first-order valence-electron chi connectivity index (χ1n) is 10.5. The Morgan fingerprint density at radius 2 is 1.83 bits per heavy atom. The number of benzene rings is 1. The van der Waals surface area contributed by atoms with E-state index in [1.807, 2.05) is 30.3 Å². The third-order valence-corrected chi connectivity index (χ3v) is 5.14. The van der Waals surface area contributed by atoms with Gasteiger partial charge in [0.15, 0.2) is 5.96 Å². The highest BCUT2D eigenvalue weighted by molar-refractivity contribution is 14.0. The number of aliphatic hydroxyl groups is 1. The molecule has 0 aromatic heterocycles. The maximum absolute atomic E-state index is 10.3. The maximum atomic E-state index is 10.3. The molecule has 1 heterocycles. The van der Waals surface area contributed by atoms with Gasteiger partial charge in [-0.1, -0.05) is 30.3 Å². The van der Waals surface area contributed by atoms with Crippen LogP contribution in [0.4, 0.5) is 0 Å². The van der Waals surface area contributed by atoms with Crippen LogP contribution in [0.5, 0.6) is 0 Å². The van der Waals surface area contributed by atoms with Crippen LogP contribution in [0, 0.1) is 0 Å². The predicted molar refractivity (Wildman–Crippen MR) is 131 cm³/mol. The van der Waals surface area contributed by atoms with E-state index >= 15 is 0 Å². The Labute approximate surface area is 193 Å². The summed E-state index contributed by atoms with van der Waals surface area (Å²) in [5, 5.41) is 17.0. The van der Waals surface area contributed by atoms with E-state index in [9.17, 15) is 5.11 Å². The topological polar surface area (TPSA) is 69.1 Å². The third-order valence-electron chi connectivity index (χ3n) is 5.14. The zero-order valence-electron chi connectivity index (χ0n) is 18.5. The molecule has 1 aliphatic heterocycles. The molecule has 0 radical (unpaired) electrons. The van der Waals surface area contributed by atoms with Crippen molar-refractivity contribution in [2.24, 2.45) is 4.99 Å². The Balaban J connectivity index is 0.00000420. The quantitative estimate of drug-likeness (QED) is 0.280. The molecule has 0 spiro atoms. The standard InChI is InChI=1S/C22H38N4O2.HI/c1-6-23-21(24-13-12-20(27)19-10-8-7-9-11-19)25-16-22(4,5)26-14-17(2)28-18(3)15-26;/h7-11,17-18,20,27H,6,12-16H2,1-5H3,(H2,23,24,25);1H. The van der Waals surface area contributed by atoms with Gasteiger partial charge in [0.1, 0.15) is 0 Å². The minimum Gasteiger partial charge on any atom is -0.388 e. The SMILES string of the molecule is CCNC(=NCC(C)(C)N1CC(C)OC(C)C1)NCCC(O)c1ccccc1.I. The first-order chi connectivity index (χ1) is 13.3. The average Bonchev–Trinajstić information content (AvgIpc) is 2.66. The fraction of sp³-hybridized carbons (Fsp3) is 0.682. The minimum atomic E-state index is -0.468. The highest BCUT2D eigenvalue weighted by atomic mass is 127. The Hall–Kier alpha value is -0.900. The molecule has 0 aliphatic carbocycles. The first-order valence-corrected chi connectivity index (χ1v) is 10.5. The Bertz CT molecular complexity index is 602. The fourth-order valence-corrected chi connectivity index (χ4v) is 3.56. The summed E-state index contributed by atoms with van der Waals surface area (Å²) in [7, 11) is 0. The number of rotatable bonds is 8. The summed E-state index contributed by atoms with van der Waals surface area (Å²) in [6, 6.07) is 9.77. The fourth-order valence-electron chi connectivity index (χ4n) is 3.56. The van der Waals surface area contributed by atoms with E-state index in [2.05, 4.69) is 50.2 Å². The van der Waals surface area contributed by atoms with Crippen LogP contribution in [0.15, 0.2) is 35.3 Å². The molecular formula is C22H39IN4O2. The summed E-state index contributed by atoms with van der Waals surface area (Å²) in [5.41, 5.74) is 0.904. The van der Waals surface area contributed by atoms with E-state index in [0.717, 1.165) is 31.2 Å². The largest absolute Gasteiger partial charge is 0.388 e. The average molecular weight is 518 g/mol. The van der Waals surface area contributed by atoms with Gasteiger partial charge in [-0.3, -0.25) is 9.89 Å². The van der Waals surface area contributed by atoms with Gasteiger partial charge in [0.2, 0.25) is 0 Å². The van der Waals surface area contributed by atoms with Crippen molar-refractivity contribution < 1.29 is 9.84 Å². The van der Waals surface area contributed by atoms with Gasteiger partial charge in [0.05, 0.1) is 24.9 Å². The summed E-state index contributed by atoms with van der Waals surface area (Å²) in [6.07, 6.45) is 0.663. The highest BCUT2D eigenvalue weighted by Crippen LogP contribution is 2.21. The third kappa shape index (κ3) is 8.78. The number of aliphatic imine (C=N–C) groups is 1. The van der Waals surface area contributed by atoms with E-state index in [-0.39, 0.29) is 41.7 Å². The van der Waals surface area contributed by atoms with Crippen LogP contribution >= 0.6 is 24.0 Å². The lowest BCUT2D eigenvalue weighted by molar-refractivity contribution is -0.0939. The Kier molecular flexibility index (Phi) is 11.5. The predicted octanol–water partition coefficient (Wildman–Crippen LogP) is 3.17. The zero-order valence-corrected chi connectivity index (χ0v) is 20.8. The van der Waals surface area contributed by atoms with Gasteiger partial charge in [0.25, 0.3) is 0 Å². The second-order valence-corrected chi connectivity index (χ2v) is 8.31. The monoisotopic (exact) mass is 518 g/mol. The van der Waals surface area contributed by atoms with Crippen LogP contribution in [-0.4, -0.2) is 66.4 Å². The van der Waals surface area contributed by atoms with E-state index in [4.69, 9.17) is 9.73 Å². The maximum Gasteiger partial charge on any atom is 0.191 e. The van der Waals surface area contributed by atoms with E-state index in [0.29, 0.717) is 19.5 Å². The summed E-state index contributed by atoms with van der Waals surface area (Å²) in [5.74, 6) is 0.796. The number of ether oxygens (including phenoxy) is 1. The number of aliphatic hydroxyl groups excluding tert-OH is 1. The van der Waals surface area contributed by atoms with E-state index in [1.54, 1.807) is 0 Å². The van der Waals surface area contributed by atoms with Gasteiger partial charge in [-0.25, -0.2) is 0 Å². The molecule has 0 amide bonds. The molecule has 7 heteroatoms. The van der Waals surface area contributed by atoms with Crippen molar-refractivity contribution in [2.75, 3.05) is 32.7 Å². The number of morpholine rings is 1. The molecule has 0 bridgehead atoms. The van der Waals surface area contributed by atoms with Crippen molar-refractivity contribution >= 4 is 29.9 Å². The smallest absolute Gasteiger partial charge is 0.191 e. The second-order valence-electron chi connectivity index (χ2n) is 8.31. The Morgan fingerprint density at radius 3 is 2.41 bits per heavy atom. The Morgan fingerprint density at radius 1 is 1.21 bits per heavy atom. The lowest BCUT2D eigenvalue weighted by Crippen LogP contribution is -2.56. The van der Waals surface area contributed by atoms with Crippen LogP contribution in [0.2, 0.25) is 0 Å². The van der Waals surface area contributed by atoms with Gasteiger partial charge >= 0.3 is 0 Å². The molecule has 166 valence electrons. The molecule has 1 fully saturated rings. The molecule has 1 aromatic carbocycles. The summed E-state index contributed by atoms with van der Waals surface area (Å²) >= 11 is 0. The molecule has 2 rings (SSSR count). The van der Waals surface area contributed by atoms with Crippen LogP contribution in [0.25, 0.3) is 0 Å². The van der Waals surface area contributed by atoms with E-state index in [1.165, 1.54) is 0 Å². The van der Waals surface area contributed by atoms with Crippen molar-refractivity contribution in [3.63, 3.8) is 0 Å². The molecule has 1 saturated heterocycles. The van der Waals surface area contributed by atoms with Crippen molar-refractivity contribution in [1.29, 1.82) is 0 Å². The molecular weight excluding hydrogens is 479 g/mol. The number of nitrogens with zero attached hydrogens (tertiary/aromatic N) is 2. The molecule has 3 unspecified atom stereocenters. The van der Waals surface area contributed by atoms with Crippen molar-refractivity contribution in [2.45, 2.75) is 64.9 Å². The second kappa shape index (κ2) is 12.7. The van der Waals surface area contributed by atoms with Crippen molar-refractivity contribution in [1.82, 2.24) is 15.5 Å². The molecule has 1 aromatic rings. The van der Waals surface area contributed by atoms with Gasteiger partial charge in [-0.2, -0.15) is 0 Å². The summed E-state index contributed by atoms with van der Waals surface area (Å²) < 4.78 is 5.86. The van der Waals surface area contributed by atoms with Gasteiger partial charge in [0, 0.05) is 31.7 Å². The van der Waals surface area contributed by atoms with Crippen LogP contribution < -0.4 is 10.6 Å². The molecule has 3 atom stereocenters. The zero-order chi connectivity index (χ0) is 20.6. The van der Waals surface area contributed by atoms with E-state index < -0.39 is 6.10 Å². The molecule has 0 saturated carbocycles. The lowest BCUT2D eigenvalue weighted by atomic mass is 10.0. The summed E-state index contributed by atoms with van der Waals surface area (Å²) in [6.45, 7) is 14.8. The number of halogens is 1. The van der Waals surface area contributed by atoms with Gasteiger partial charge in [-0.05, 0) is 46.6 Å². The van der Waals surface area contributed by atoms with Crippen LogP contribution in [0.3, 0.4) is 0 Å². The lowest BCUT2D eigenvalue weighted by Gasteiger charge is -2.44. The highest BCUT2D eigenvalue weighted by Gasteiger charge is 2.33. The van der Waals surface area contributed by atoms with Crippen LogP contribution in [-0.2, 0) is 4.74 Å². The van der Waals surface area contributed by atoms with Crippen molar-refractivity contribution in [3.05, 3.63) is 35.9 Å². The molecule has 6 nitrogen and oxygen atoms in total. The summed E-state index contributed by atoms with van der Waals surface area (Å²) in [4.78, 5) is 7.28. The molecule has 1 aliphatic rings. The van der Waals surface area contributed by atoms with Crippen molar-refractivity contribution in [3.8, 4) is 0 Å². The van der Waals surface area contributed by atoms with Gasteiger partial charge in [-0.15, -0.1) is 24.0 Å². The number of nitrogens with one attached hydrogen (secondary N) is 2. The number of guanidine groups is 1. The number of hydrogen-bond acceptors (Lipinski definition) is 4.